The van der Waals surface area contributed by atoms with Crippen molar-refractivity contribution in [2.75, 3.05) is 18.1 Å². The van der Waals surface area contributed by atoms with Crippen molar-refractivity contribution in [3.63, 3.8) is 0 Å². The fourth-order valence-electron chi connectivity index (χ4n) is 4.63. The van der Waals surface area contributed by atoms with Gasteiger partial charge in [0, 0.05) is 16.3 Å². The second-order valence-electron chi connectivity index (χ2n) is 9.75. The first-order valence-electron chi connectivity index (χ1n) is 14.0. The molecule has 44 heavy (non-hydrogen) atoms. The largest absolute Gasteiger partial charge is 0.507 e. The topological polar surface area (TPSA) is 102 Å². The molecule has 0 bridgehead atoms. The van der Waals surface area contributed by atoms with Gasteiger partial charge in [-0.3, -0.25) is 14.5 Å². The minimum atomic E-state index is -1.05. The van der Waals surface area contributed by atoms with Gasteiger partial charge in [-0.1, -0.05) is 72.3 Å². The van der Waals surface area contributed by atoms with E-state index in [4.69, 9.17) is 21.1 Å². The van der Waals surface area contributed by atoms with Gasteiger partial charge in [0.2, 0.25) is 5.13 Å². The van der Waals surface area contributed by atoms with Crippen LogP contribution >= 0.6 is 34.7 Å². The van der Waals surface area contributed by atoms with E-state index in [2.05, 4.69) is 17.1 Å². The lowest BCUT2D eigenvalue weighted by molar-refractivity contribution is -0.132. The molecule has 1 saturated heterocycles. The number of carbonyl (C=O) groups excluding carboxylic acids is 2. The van der Waals surface area contributed by atoms with E-state index in [1.807, 2.05) is 6.92 Å². The van der Waals surface area contributed by atoms with Crippen LogP contribution in [0.15, 0.2) is 76.6 Å². The number of thioether (sulfide) groups is 1. The normalized spacial score (nSPS) is 16.0. The van der Waals surface area contributed by atoms with Crippen LogP contribution in [0.2, 0.25) is 5.02 Å². The summed E-state index contributed by atoms with van der Waals surface area (Å²) >= 11 is 8.41. The van der Waals surface area contributed by atoms with Gasteiger partial charge in [0.25, 0.3) is 5.78 Å². The Bertz CT molecular complexity index is 1700. The lowest BCUT2D eigenvalue weighted by atomic mass is 9.95. The van der Waals surface area contributed by atoms with Crippen LogP contribution in [-0.2, 0) is 15.3 Å². The van der Waals surface area contributed by atoms with Crippen molar-refractivity contribution in [1.82, 2.24) is 10.2 Å². The molecule has 1 N–H and O–H groups in total. The number of nitrogens with zero attached hydrogens (tertiary/aromatic N) is 3. The number of aliphatic hydroxyl groups excluding tert-OH is 1. The Morgan fingerprint density at radius 2 is 1.82 bits per heavy atom. The number of rotatable bonds is 12. The Balaban J connectivity index is 1.57. The number of carbonyl (C=O) groups is 2. The third-order valence-corrected chi connectivity index (χ3v) is 9.17. The Labute approximate surface area is 267 Å². The average Bonchev–Trinajstić information content (AvgIpc) is 3.59. The maximum atomic E-state index is 14.2. The number of amides is 1. The van der Waals surface area contributed by atoms with Crippen LogP contribution in [0.4, 0.5) is 9.52 Å². The zero-order valence-corrected chi connectivity index (χ0v) is 26.3. The molecule has 5 rings (SSSR count). The summed E-state index contributed by atoms with van der Waals surface area (Å²) in [5.41, 5.74) is 1.21. The zero-order chi connectivity index (χ0) is 31.2. The molecule has 1 aliphatic rings. The zero-order valence-electron chi connectivity index (χ0n) is 24.0. The highest BCUT2D eigenvalue weighted by molar-refractivity contribution is 8.00. The van der Waals surface area contributed by atoms with Crippen molar-refractivity contribution in [3.8, 4) is 11.5 Å². The number of Topliss-reactive ketones (excluding diaryl/α,β-unsaturated/α-hetero) is 1. The fourth-order valence-corrected chi connectivity index (χ4v) is 6.61. The van der Waals surface area contributed by atoms with Gasteiger partial charge >= 0.3 is 5.91 Å². The molecule has 1 unspecified atom stereocenters. The van der Waals surface area contributed by atoms with E-state index in [-0.39, 0.29) is 22.3 Å². The molecule has 1 atom stereocenters. The van der Waals surface area contributed by atoms with Gasteiger partial charge in [-0.25, -0.2) is 4.39 Å². The number of hydrogen-bond acceptors (Lipinski definition) is 9. The smallest absolute Gasteiger partial charge is 0.301 e. The van der Waals surface area contributed by atoms with Crippen LogP contribution < -0.4 is 14.4 Å². The molecule has 0 saturated carbocycles. The molecule has 1 amide bonds. The maximum absolute atomic E-state index is 14.2. The van der Waals surface area contributed by atoms with Crippen molar-refractivity contribution < 1.29 is 28.6 Å². The van der Waals surface area contributed by atoms with Crippen molar-refractivity contribution >= 4 is 57.3 Å². The van der Waals surface area contributed by atoms with Gasteiger partial charge in [-0.2, -0.15) is 0 Å². The number of ketones is 1. The van der Waals surface area contributed by atoms with Crippen molar-refractivity contribution in [2.45, 2.75) is 42.8 Å². The van der Waals surface area contributed by atoms with Gasteiger partial charge in [-0.15, -0.1) is 10.2 Å². The summed E-state index contributed by atoms with van der Waals surface area (Å²) in [6.45, 7) is 4.77. The second-order valence-corrected chi connectivity index (χ2v) is 12.4. The molecule has 1 fully saturated rings. The molecule has 3 aromatic carbocycles. The number of hydrogen-bond donors (Lipinski definition) is 1. The molecule has 0 spiro atoms. The number of aromatic nitrogens is 2. The minimum absolute atomic E-state index is 0.116. The standard InChI is InChI=1S/C32H29ClFN3O5S2/c1-3-5-16-42-24-15-12-20(17-25(24)41-4-2)27-26(28(38)19-10-13-22(33)14-11-19)29(39)30(40)37(27)31-35-36-32(44-31)43-18-21-8-6-7-9-23(21)34/h6-15,17,27,38H,3-5,16,18H2,1-2H3/b28-26+. The van der Waals surface area contributed by atoms with E-state index >= 15 is 0 Å². The summed E-state index contributed by atoms with van der Waals surface area (Å²) in [7, 11) is 0. The van der Waals surface area contributed by atoms with Gasteiger partial charge in [0.15, 0.2) is 15.8 Å². The number of benzene rings is 3. The Morgan fingerprint density at radius 3 is 2.55 bits per heavy atom. The number of aliphatic hydroxyl groups is 1. The molecule has 1 aromatic heterocycles. The van der Waals surface area contributed by atoms with Crippen molar-refractivity contribution in [3.05, 3.63) is 99.8 Å². The second kappa shape index (κ2) is 14.2. The van der Waals surface area contributed by atoms with Gasteiger partial charge < -0.3 is 14.6 Å². The summed E-state index contributed by atoms with van der Waals surface area (Å²) in [5.74, 6) is -1.15. The highest BCUT2D eigenvalue weighted by Gasteiger charge is 2.48. The summed E-state index contributed by atoms with van der Waals surface area (Å²) in [5, 5.41) is 20.5. The minimum Gasteiger partial charge on any atom is -0.507 e. The molecule has 2 heterocycles. The number of halogens is 2. The van der Waals surface area contributed by atoms with Crippen LogP contribution in [0.3, 0.4) is 0 Å². The highest BCUT2D eigenvalue weighted by atomic mass is 35.5. The quantitative estimate of drug-likeness (QED) is 0.0412. The average molecular weight is 654 g/mol. The summed E-state index contributed by atoms with van der Waals surface area (Å²) in [6.07, 6.45) is 1.83. The van der Waals surface area contributed by atoms with E-state index in [0.717, 1.165) is 24.2 Å². The summed E-state index contributed by atoms with van der Waals surface area (Å²) < 4.78 is 26.5. The van der Waals surface area contributed by atoms with E-state index in [1.165, 1.54) is 22.7 Å². The Morgan fingerprint density at radius 1 is 1.05 bits per heavy atom. The predicted molar refractivity (Wildman–Crippen MR) is 170 cm³/mol. The van der Waals surface area contributed by atoms with Crippen LogP contribution in [0, 0.1) is 5.82 Å². The lowest BCUT2D eigenvalue weighted by Crippen LogP contribution is -2.29. The highest BCUT2D eigenvalue weighted by Crippen LogP contribution is 2.45. The first kappa shape index (κ1) is 31.5. The number of anilines is 1. The Hall–Kier alpha value is -3.93. The van der Waals surface area contributed by atoms with Crippen LogP contribution in [0.25, 0.3) is 5.76 Å². The van der Waals surface area contributed by atoms with Crippen molar-refractivity contribution in [2.24, 2.45) is 0 Å². The molecule has 0 aliphatic carbocycles. The lowest BCUT2D eigenvalue weighted by Gasteiger charge is -2.23. The molecule has 4 aromatic rings. The molecule has 0 radical (unpaired) electrons. The number of ether oxygens (including phenoxy) is 2. The molecule has 1 aliphatic heterocycles. The van der Waals surface area contributed by atoms with E-state index in [0.29, 0.717) is 56.5 Å². The molecular formula is C32H29ClFN3O5S2. The monoisotopic (exact) mass is 653 g/mol. The molecule has 8 nitrogen and oxygen atoms in total. The van der Waals surface area contributed by atoms with Crippen LogP contribution in [-0.4, -0.2) is 40.2 Å². The van der Waals surface area contributed by atoms with Gasteiger partial charge in [0.05, 0.1) is 24.8 Å². The fraction of sp³-hybridized carbons (Fsp3) is 0.250. The van der Waals surface area contributed by atoms with Crippen LogP contribution in [0.1, 0.15) is 49.4 Å². The summed E-state index contributed by atoms with van der Waals surface area (Å²) in [4.78, 5) is 28.4. The molecular weight excluding hydrogens is 625 g/mol. The van der Waals surface area contributed by atoms with E-state index < -0.39 is 17.7 Å². The van der Waals surface area contributed by atoms with E-state index in [1.54, 1.807) is 60.7 Å². The first-order valence-corrected chi connectivity index (χ1v) is 16.2. The first-order chi connectivity index (χ1) is 21.3. The van der Waals surface area contributed by atoms with E-state index in [9.17, 15) is 19.1 Å². The third-order valence-electron chi connectivity index (χ3n) is 6.81. The number of unbranched alkanes of at least 4 members (excludes halogenated alkanes) is 1. The van der Waals surface area contributed by atoms with Crippen molar-refractivity contribution in [1.29, 1.82) is 0 Å². The Kier molecular flexibility index (Phi) is 10.2. The SMILES string of the molecule is CCCCOc1ccc(C2/C(=C(\O)c3ccc(Cl)cc3)C(=O)C(=O)N2c2nnc(SCc3ccccc3F)s2)cc1OCC. The van der Waals surface area contributed by atoms with Gasteiger partial charge in [-0.05, 0) is 66.9 Å². The summed E-state index contributed by atoms with van der Waals surface area (Å²) in [6, 6.07) is 16.9. The third kappa shape index (κ3) is 6.74. The maximum Gasteiger partial charge on any atom is 0.301 e. The molecule has 12 heteroatoms. The van der Waals surface area contributed by atoms with Crippen LogP contribution in [0.5, 0.6) is 11.5 Å². The van der Waals surface area contributed by atoms with Gasteiger partial charge in [0.1, 0.15) is 11.6 Å². The molecule has 228 valence electrons. The predicted octanol–water partition coefficient (Wildman–Crippen LogP) is 7.83.